The van der Waals surface area contributed by atoms with E-state index in [1.807, 2.05) is 36.4 Å². The van der Waals surface area contributed by atoms with E-state index in [-0.39, 0.29) is 30.3 Å². The molecule has 6 nitrogen and oxygen atoms in total. The maximum Gasteiger partial charge on any atom is 0.185 e. The highest BCUT2D eigenvalue weighted by molar-refractivity contribution is 5.13. The van der Waals surface area contributed by atoms with Crippen molar-refractivity contribution in [2.45, 2.75) is 57.6 Å². The fourth-order valence-electron chi connectivity index (χ4n) is 3.85. The van der Waals surface area contributed by atoms with Crippen LogP contribution in [-0.2, 0) is 30.3 Å². The number of hydrogen-bond acceptors (Lipinski definition) is 6. The van der Waals surface area contributed by atoms with Crippen LogP contribution >= 0.6 is 0 Å². The third-order valence-electron chi connectivity index (χ3n) is 5.40. The molecule has 0 bridgehead atoms. The van der Waals surface area contributed by atoms with Crippen molar-refractivity contribution in [3.05, 3.63) is 48.0 Å². The summed E-state index contributed by atoms with van der Waals surface area (Å²) in [5, 5.41) is 9.05. The number of hydrogen-bond donors (Lipinski definition) is 1. The van der Waals surface area contributed by atoms with Gasteiger partial charge in [0.05, 0.1) is 25.4 Å². The normalized spacial score (nSPS) is 27.5. The summed E-state index contributed by atoms with van der Waals surface area (Å²) in [6.07, 6.45) is 2.51. The molecular weight excluding hydrogens is 360 g/mol. The number of methoxy groups -OCH3 is 3. The molecule has 0 spiro atoms. The molecule has 0 amide bonds. The first kappa shape index (κ1) is 23.0. The Morgan fingerprint density at radius 2 is 1.79 bits per heavy atom. The van der Waals surface area contributed by atoms with Crippen LogP contribution in [0, 0.1) is 5.41 Å². The van der Waals surface area contributed by atoms with Gasteiger partial charge in [-0.25, -0.2) is 0 Å². The minimum Gasteiger partial charge on any atom is -0.392 e. The van der Waals surface area contributed by atoms with Crippen molar-refractivity contribution < 1.29 is 28.8 Å². The second kappa shape index (κ2) is 11.0. The van der Waals surface area contributed by atoms with E-state index in [9.17, 15) is 0 Å². The van der Waals surface area contributed by atoms with E-state index in [0.29, 0.717) is 13.0 Å². The fraction of sp³-hybridized carbons (Fsp3) is 0.636. The molecule has 0 aromatic heterocycles. The van der Waals surface area contributed by atoms with Gasteiger partial charge in [-0.1, -0.05) is 56.3 Å². The zero-order valence-electron chi connectivity index (χ0n) is 17.5. The van der Waals surface area contributed by atoms with Crippen molar-refractivity contribution in [2.24, 2.45) is 5.41 Å². The molecule has 1 aromatic carbocycles. The molecule has 1 N–H and O–H groups in total. The molecule has 1 aliphatic rings. The monoisotopic (exact) mass is 394 g/mol. The van der Waals surface area contributed by atoms with Crippen LogP contribution in [0.25, 0.3) is 0 Å². The Morgan fingerprint density at radius 1 is 1.11 bits per heavy atom. The standard InChI is InChI=1S/C22H34O6/c1-22(2)17(13-9-10-14-23)28-19(21(25-4)26-5)18(20(22)24-3)27-15-16-11-7-6-8-12-16/h6-12,17-21,23H,13-15H2,1-5H3/b10-9+/t17-,18+,19+,20-/m1/s1. The summed E-state index contributed by atoms with van der Waals surface area (Å²) in [5.41, 5.74) is 0.756. The Labute approximate surface area is 168 Å². The van der Waals surface area contributed by atoms with Crippen LogP contribution in [0.1, 0.15) is 25.8 Å². The van der Waals surface area contributed by atoms with Gasteiger partial charge in [0.15, 0.2) is 6.29 Å². The molecule has 0 unspecified atom stereocenters. The molecule has 0 radical (unpaired) electrons. The van der Waals surface area contributed by atoms with Gasteiger partial charge in [-0.3, -0.25) is 0 Å². The van der Waals surface area contributed by atoms with E-state index in [2.05, 4.69) is 13.8 Å². The van der Waals surface area contributed by atoms with Crippen LogP contribution < -0.4 is 0 Å². The first-order valence-electron chi connectivity index (χ1n) is 9.64. The van der Waals surface area contributed by atoms with Crippen LogP contribution in [0.3, 0.4) is 0 Å². The summed E-state index contributed by atoms with van der Waals surface area (Å²) < 4.78 is 29.7. The van der Waals surface area contributed by atoms with E-state index in [4.69, 9.17) is 28.8 Å². The number of ether oxygens (including phenoxy) is 5. The number of benzene rings is 1. The van der Waals surface area contributed by atoms with Crippen LogP contribution in [0.2, 0.25) is 0 Å². The average molecular weight is 395 g/mol. The molecule has 1 aliphatic heterocycles. The lowest BCUT2D eigenvalue weighted by Gasteiger charge is -2.52. The summed E-state index contributed by atoms with van der Waals surface area (Å²) in [7, 11) is 4.88. The van der Waals surface area contributed by atoms with Crippen molar-refractivity contribution >= 4 is 0 Å². The van der Waals surface area contributed by atoms with Gasteiger partial charge in [0, 0.05) is 26.7 Å². The molecule has 28 heavy (non-hydrogen) atoms. The lowest BCUT2D eigenvalue weighted by Crippen LogP contribution is -2.63. The van der Waals surface area contributed by atoms with E-state index < -0.39 is 12.4 Å². The van der Waals surface area contributed by atoms with Crippen LogP contribution in [0.5, 0.6) is 0 Å². The van der Waals surface area contributed by atoms with Gasteiger partial charge < -0.3 is 28.8 Å². The van der Waals surface area contributed by atoms with Crippen molar-refractivity contribution in [1.29, 1.82) is 0 Å². The second-order valence-electron chi connectivity index (χ2n) is 7.56. The molecular formula is C22H34O6. The van der Waals surface area contributed by atoms with E-state index in [1.54, 1.807) is 27.4 Å². The Morgan fingerprint density at radius 3 is 2.36 bits per heavy atom. The number of rotatable bonds is 10. The highest BCUT2D eigenvalue weighted by Gasteiger charge is 2.53. The molecule has 2 rings (SSSR count). The number of aliphatic hydroxyl groups is 1. The van der Waals surface area contributed by atoms with Gasteiger partial charge in [-0.2, -0.15) is 0 Å². The van der Waals surface area contributed by atoms with Gasteiger partial charge in [0.2, 0.25) is 0 Å². The lowest BCUT2D eigenvalue weighted by atomic mass is 9.73. The maximum atomic E-state index is 9.05. The predicted octanol–water partition coefficient (Wildman–Crippen LogP) is 2.94. The first-order chi connectivity index (χ1) is 13.5. The first-order valence-corrected chi connectivity index (χ1v) is 9.64. The molecule has 1 aromatic rings. The van der Waals surface area contributed by atoms with Gasteiger partial charge >= 0.3 is 0 Å². The molecule has 1 fully saturated rings. The van der Waals surface area contributed by atoms with Crippen LogP contribution in [-0.4, -0.2) is 63.7 Å². The third kappa shape index (κ3) is 5.41. The Kier molecular flexibility index (Phi) is 9.08. The van der Waals surface area contributed by atoms with Crippen molar-refractivity contribution in [3.8, 4) is 0 Å². The van der Waals surface area contributed by atoms with Crippen LogP contribution in [0.15, 0.2) is 42.5 Å². The Balaban J connectivity index is 2.27. The second-order valence-corrected chi connectivity index (χ2v) is 7.56. The molecule has 1 saturated heterocycles. The smallest absolute Gasteiger partial charge is 0.185 e. The van der Waals surface area contributed by atoms with Crippen molar-refractivity contribution in [3.63, 3.8) is 0 Å². The van der Waals surface area contributed by atoms with Crippen molar-refractivity contribution in [2.75, 3.05) is 27.9 Å². The summed E-state index contributed by atoms with van der Waals surface area (Å²) >= 11 is 0. The summed E-state index contributed by atoms with van der Waals surface area (Å²) in [6.45, 7) is 4.67. The topological polar surface area (TPSA) is 66.4 Å². The zero-order chi connectivity index (χ0) is 20.6. The van der Waals surface area contributed by atoms with Gasteiger partial charge in [0.25, 0.3) is 0 Å². The third-order valence-corrected chi connectivity index (χ3v) is 5.40. The fourth-order valence-corrected chi connectivity index (χ4v) is 3.85. The SMILES string of the molecule is COC(OC)[C@H]1O[C@H](C/C=C/CO)C(C)(C)[C@H](OC)[C@H]1OCc1ccccc1. The maximum absolute atomic E-state index is 9.05. The van der Waals surface area contributed by atoms with Gasteiger partial charge in [-0.15, -0.1) is 0 Å². The lowest BCUT2D eigenvalue weighted by molar-refractivity contribution is -0.303. The van der Waals surface area contributed by atoms with Crippen molar-refractivity contribution in [1.82, 2.24) is 0 Å². The summed E-state index contributed by atoms with van der Waals surface area (Å²) in [5.74, 6) is 0. The molecule has 1 heterocycles. The molecule has 0 aliphatic carbocycles. The minimum absolute atomic E-state index is 0.00582. The highest BCUT2D eigenvalue weighted by Crippen LogP contribution is 2.42. The van der Waals surface area contributed by atoms with E-state index in [1.165, 1.54) is 0 Å². The molecule has 6 heteroatoms. The predicted molar refractivity (Wildman–Crippen MR) is 107 cm³/mol. The number of aliphatic hydroxyl groups excluding tert-OH is 1. The minimum atomic E-state index is -0.584. The Hall–Kier alpha value is -1.28. The largest absolute Gasteiger partial charge is 0.392 e. The van der Waals surface area contributed by atoms with E-state index in [0.717, 1.165) is 5.56 Å². The van der Waals surface area contributed by atoms with Gasteiger partial charge in [0.1, 0.15) is 12.2 Å². The zero-order valence-corrected chi connectivity index (χ0v) is 17.5. The molecule has 158 valence electrons. The molecule has 4 atom stereocenters. The molecule has 0 saturated carbocycles. The van der Waals surface area contributed by atoms with Crippen LogP contribution in [0.4, 0.5) is 0 Å². The highest BCUT2D eigenvalue weighted by atomic mass is 16.7. The average Bonchev–Trinajstić information content (AvgIpc) is 2.70. The Bertz CT molecular complexity index is 584. The van der Waals surface area contributed by atoms with Gasteiger partial charge in [-0.05, 0) is 12.0 Å². The van der Waals surface area contributed by atoms with E-state index >= 15 is 0 Å². The summed E-state index contributed by atoms with van der Waals surface area (Å²) in [6, 6.07) is 10.0. The summed E-state index contributed by atoms with van der Waals surface area (Å²) in [4.78, 5) is 0. The quantitative estimate of drug-likeness (QED) is 0.486.